The summed E-state index contributed by atoms with van der Waals surface area (Å²) in [4.78, 5) is 13.0. The molecule has 0 aliphatic heterocycles. The zero-order valence-electron chi connectivity index (χ0n) is 14.5. The van der Waals surface area contributed by atoms with Crippen LogP contribution in [0.5, 0.6) is 5.75 Å². The van der Waals surface area contributed by atoms with Crippen LogP contribution in [0.25, 0.3) is 11.1 Å². The summed E-state index contributed by atoms with van der Waals surface area (Å²) < 4.78 is 5.42. The average Bonchev–Trinajstić information content (AvgIpc) is 2.58. The molecule has 4 nitrogen and oxygen atoms in total. The van der Waals surface area contributed by atoms with Crippen molar-refractivity contribution in [3.8, 4) is 16.9 Å². The number of aliphatic carboxylic acids is 1. The molecule has 0 radical (unpaired) electrons. The summed E-state index contributed by atoms with van der Waals surface area (Å²) in [5, 5.41) is 8.88. The van der Waals surface area contributed by atoms with Crippen LogP contribution in [0.3, 0.4) is 0 Å². The number of rotatable bonds is 8. The van der Waals surface area contributed by atoms with E-state index in [1.165, 1.54) is 5.56 Å². The highest BCUT2D eigenvalue weighted by Gasteiger charge is 2.12. The maximum Gasteiger partial charge on any atom is 0.304 e. The van der Waals surface area contributed by atoms with E-state index in [4.69, 9.17) is 9.84 Å². The first-order valence-corrected chi connectivity index (χ1v) is 8.19. The van der Waals surface area contributed by atoms with Gasteiger partial charge in [-0.15, -0.1) is 0 Å². The van der Waals surface area contributed by atoms with Crippen molar-refractivity contribution in [2.24, 2.45) is 0 Å². The van der Waals surface area contributed by atoms with Gasteiger partial charge in [0.15, 0.2) is 0 Å². The molecule has 0 aliphatic carbocycles. The molecule has 0 aromatic heterocycles. The van der Waals surface area contributed by atoms with Crippen LogP contribution >= 0.6 is 0 Å². The molecular formula is C20H25NO3. The van der Waals surface area contributed by atoms with E-state index < -0.39 is 5.97 Å². The molecule has 0 aliphatic rings. The Hall–Kier alpha value is -2.33. The number of ether oxygens (including phenoxy) is 1. The largest absolute Gasteiger partial charge is 0.496 e. The standard InChI is InChI=1S/C20H25NO3/c1-15(2)21(13-12-20(22)23)14-16-8-10-17(11-9-16)18-6-4-5-7-19(18)24-3/h4-11,15H,12-14H2,1-3H3,(H,22,23). The summed E-state index contributed by atoms with van der Waals surface area (Å²) in [5.74, 6) is 0.0997. The zero-order chi connectivity index (χ0) is 17.5. The lowest BCUT2D eigenvalue weighted by molar-refractivity contribution is -0.137. The third-order valence-electron chi connectivity index (χ3n) is 4.10. The molecule has 0 fully saturated rings. The molecule has 0 heterocycles. The van der Waals surface area contributed by atoms with E-state index in [2.05, 4.69) is 43.0 Å². The number of para-hydroxylation sites is 1. The fourth-order valence-corrected chi connectivity index (χ4v) is 2.67. The van der Waals surface area contributed by atoms with Crippen LogP contribution in [0.4, 0.5) is 0 Å². The molecule has 0 unspecified atom stereocenters. The number of benzene rings is 2. The van der Waals surface area contributed by atoms with Crippen LogP contribution in [0.15, 0.2) is 48.5 Å². The van der Waals surface area contributed by atoms with Gasteiger partial charge in [0.1, 0.15) is 5.75 Å². The number of carbonyl (C=O) groups is 1. The normalized spacial score (nSPS) is 11.0. The van der Waals surface area contributed by atoms with Crippen molar-refractivity contribution in [1.29, 1.82) is 0 Å². The lowest BCUT2D eigenvalue weighted by Gasteiger charge is -2.26. The first-order valence-electron chi connectivity index (χ1n) is 8.19. The third kappa shape index (κ3) is 4.83. The predicted molar refractivity (Wildman–Crippen MR) is 96.2 cm³/mol. The minimum Gasteiger partial charge on any atom is -0.496 e. The highest BCUT2D eigenvalue weighted by molar-refractivity contribution is 5.70. The highest BCUT2D eigenvalue weighted by atomic mass is 16.5. The maximum atomic E-state index is 10.8. The molecule has 0 spiro atoms. The molecule has 4 heteroatoms. The predicted octanol–water partition coefficient (Wildman–Crippen LogP) is 4.05. The molecule has 1 N–H and O–H groups in total. The lowest BCUT2D eigenvalue weighted by Crippen LogP contribution is -2.32. The van der Waals surface area contributed by atoms with Crippen molar-refractivity contribution in [2.45, 2.75) is 32.9 Å². The Balaban J connectivity index is 2.12. The SMILES string of the molecule is COc1ccccc1-c1ccc(CN(CCC(=O)O)C(C)C)cc1. The summed E-state index contributed by atoms with van der Waals surface area (Å²) in [6.45, 7) is 5.48. The van der Waals surface area contributed by atoms with Crippen LogP contribution in [0.1, 0.15) is 25.8 Å². The number of nitrogens with zero attached hydrogens (tertiary/aromatic N) is 1. The molecule has 2 aromatic carbocycles. The minimum absolute atomic E-state index is 0.164. The molecule has 0 saturated carbocycles. The van der Waals surface area contributed by atoms with Crippen molar-refractivity contribution in [3.05, 3.63) is 54.1 Å². The van der Waals surface area contributed by atoms with E-state index in [-0.39, 0.29) is 6.42 Å². The summed E-state index contributed by atoms with van der Waals surface area (Å²) in [6.07, 6.45) is 0.164. The second-order valence-corrected chi connectivity index (χ2v) is 6.11. The molecule has 2 aromatic rings. The Morgan fingerprint density at radius 3 is 2.38 bits per heavy atom. The average molecular weight is 327 g/mol. The van der Waals surface area contributed by atoms with E-state index in [9.17, 15) is 4.79 Å². The second-order valence-electron chi connectivity index (χ2n) is 6.11. The Kier molecular flexibility index (Phi) is 6.38. The van der Waals surface area contributed by atoms with Crippen molar-refractivity contribution in [3.63, 3.8) is 0 Å². The second kappa shape index (κ2) is 8.50. The van der Waals surface area contributed by atoms with Crippen LogP contribution < -0.4 is 4.74 Å². The fraction of sp³-hybridized carbons (Fsp3) is 0.350. The summed E-state index contributed by atoms with van der Waals surface area (Å²) >= 11 is 0. The number of carboxylic acid groups (broad SMARTS) is 1. The number of methoxy groups -OCH3 is 1. The van der Waals surface area contributed by atoms with E-state index in [0.29, 0.717) is 12.6 Å². The Bertz CT molecular complexity index is 665. The van der Waals surface area contributed by atoms with Gasteiger partial charge in [-0.25, -0.2) is 0 Å². The quantitative estimate of drug-likeness (QED) is 0.795. The van der Waals surface area contributed by atoms with Gasteiger partial charge in [0.05, 0.1) is 13.5 Å². The zero-order valence-corrected chi connectivity index (χ0v) is 14.5. The van der Waals surface area contributed by atoms with E-state index >= 15 is 0 Å². The molecule has 128 valence electrons. The number of hydrogen-bond acceptors (Lipinski definition) is 3. The third-order valence-corrected chi connectivity index (χ3v) is 4.10. The van der Waals surface area contributed by atoms with Gasteiger partial charge in [-0.05, 0) is 31.0 Å². The summed E-state index contributed by atoms with van der Waals surface area (Å²) in [5.41, 5.74) is 3.35. The fourth-order valence-electron chi connectivity index (χ4n) is 2.67. The van der Waals surface area contributed by atoms with Crippen LogP contribution in [0, 0.1) is 0 Å². The number of carboxylic acids is 1. The van der Waals surface area contributed by atoms with E-state index in [0.717, 1.165) is 23.4 Å². The topological polar surface area (TPSA) is 49.8 Å². The van der Waals surface area contributed by atoms with Crippen molar-refractivity contribution >= 4 is 5.97 Å². The minimum atomic E-state index is -0.757. The highest BCUT2D eigenvalue weighted by Crippen LogP contribution is 2.29. The van der Waals surface area contributed by atoms with Gasteiger partial charge in [0, 0.05) is 24.7 Å². The van der Waals surface area contributed by atoms with Crippen LogP contribution in [-0.4, -0.2) is 35.7 Å². The van der Waals surface area contributed by atoms with Crippen molar-refractivity contribution < 1.29 is 14.6 Å². The molecule has 0 atom stereocenters. The molecule has 0 amide bonds. The number of hydrogen-bond donors (Lipinski definition) is 1. The van der Waals surface area contributed by atoms with E-state index in [1.807, 2.05) is 24.3 Å². The Morgan fingerprint density at radius 1 is 1.12 bits per heavy atom. The molecule has 0 bridgehead atoms. The lowest BCUT2D eigenvalue weighted by atomic mass is 10.0. The summed E-state index contributed by atoms with van der Waals surface area (Å²) in [7, 11) is 1.68. The van der Waals surface area contributed by atoms with Gasteiger partial charge >= 0.3 is 5.97 Å². The van der Waals surface area contributed by atoms with Gasteiger partial charge in [-0.2, -0.15) is 0 Å². The van der Waals surface area contributed by atoms with Crippen molar-refractivity contribution in [2.75, 3.05) is 13.7 Å². The van der Waals surface area contributed by atoms with Crippen molar-refractivity contribution in [1.82, 2.24) is 4.90 Å². The smallest absolute Gasteiger partial charge is 0.304 e. The molecule has 2 rings (SSSR count). The van der Waals surface area contributed by atoms with Gasteiger partial charge < -0.3 is 9.84 Å². The van der Waals surface area contributed by atoms with Gasteiger partial charge in [-0.1, -0.05) is 42.5 Å². The molecule has 24 heavy (non-hydrogen) atoms. The Morgan fingerprint density at radius 2 is 1.79 bits per heavy atom. The molecular weight excluding hydrogens is 302 g/mol. The first kappa shape index (κ1) is 18.0. The van der Waals surface area contributed by atoms with Crippen LogP contribution in [0.2, 0.25) is 0 Å². The monoisotopic (exact) mass is 327 g/mol. The van der Waals surface area contributed by atoms with Gasteiger partial charge in [0.2, 0.25) is 0 Å². The summed E-state index contributed by atoms with van der Waals surface area (Å²) in [6, 6.07) is 16.6. The molecule has 0 saturated heterocycles. The van der Waals surface area contributed by atoms with Gasteiger partial charge in [-0.3, -0.25) is 9.69 Å². The van der Waals surface area contributed by atoms with Gasteiger partial charge in [0.25, 0.3) is 0 Å². The maximum absolute atomic E-state index is 10.8. The first-order chi connectivity index (χ1) is 11.5. The van der Waals surface area contributed by atoms with E-state index in [1.54, 1.807) is 7.11 Å². The Labute approximate surface area is 143 Å². The van der Waals surface area contributed by atoms with Crippen LogP contribution in [-0.2, 0) is 11.3 Å².